The third-order valence-electron chi connectivity index (χ3n) is 16.3. The van der Waals surface area contributed by atoms with E-state index in [-0.39, 0.29) is 53.8 Å². The van der Waals surface area contributed by atoms with Gasteiger partial charge in [0.15, 0.2) is 0 Å². The van der Waals surface area contributed by atoms with Crippen LogP contribution in [0.15, 0.2) is 262 Å². The zero-order valence-corrected chi connectivity index (χ0v) is 61.2. The van der Waals surface area contributed by atoms with E-state index in [1.807, 2.05) is 78.9 Å². The van der Waals surface area contributed by atoms with Gasteiger partial charge in [-0.15, -0.1) is 0 Å². The van der Waals surface area contributed by atoms with E-state index in [4.69, 9.17) is 41.9 Å². The SMILES string of the molecule is Cc1ccc(CNc2cccc(COc3cncc(C(N)=O)c3)c2)cc1.Cc1ccc(NC(=O)c2cccc(COc3cncc(C(N)=O)c3)c2)cc1[N+](=O)[O-].Cc1ccc(NC(=O)c2cccc(OCc3cncc(C(N)=O)c3)c2)cc1[N+](=O)[O-].NC(=O)c1cncc(OCc2cccc(NC(=O)Cc3ccccc3)c2)c1. The smallest absolute Gasteiger partial charge is 0.274 e. The molecule has 8 aromatic carbocycles. The number of anilines is 4. The molecule has 0 radical (unpaired) electrons. The summed E-state index contributed by atoms with van der Waals surface area (Å²) in [5.41, 5.74) is 32.7. The predicted octanol–water partition coefficient (Wildman–Crippen LogP) is 13.1. The summed E-state index contributed by atoms with van der Waals surface area (Å²) >= 11 is 0. The average Bonchev–Trinajstić information content (AvgIpc) is 0.843. The molecule has 0 spiro atoms. The molecule has 0 saturated carbocycles. The molecule has 29 heteroatoms. The van der Waals surface area contributed by atoms with Crippen LogP contribution in [0, 0.1) is 41.0 Å². The number of ether oxygens (including phenoxy) is 4. The maximum atomic E-state index is 12.5. The number of nitrogens with one attached hydrogen (secondary N) is 4. The minimum Gasteiger partial charge on any atom is -0.489 e. The summed E-state index contributed by atoms with van der Waals surface area (Å²) in [6, 6.07) is 61.8. The Balaban J connectivity index is 0.000000173. The Morgan fingerprint density at radius 1 is 0.345 bits per heavy atom. The van der Waals surface area contributed by atoms with Crippen LogP contribution in [0.4, 0.5) is 34.1 Å². The Morgan fingerprint density at radius 3 is 1.21 bits per heavy atom. The number of aryl methyl sites for hydroxylation is 3. The van der Waals surface area contributed by atoms with Crippen molar-refractivity contribution in [3.8, 4) is 23.0 Å². The van der Waals surface area contributed by atoms with E-state index in [0.717, 1.165) is 28.9 Å². The molecule has 12 rings (SSSR count). The van der Waals surface area contributed by atoms with Crippen LogP contribution in [-0.2, 0) is 44.2 Å². The largest absolute Gasteiger partial charge is 0.489 e. The van der Waals surface area contributed by atoms with Crippen molar-refractivity contribution >= 4 is 75.5 Å². The highest BCUT2D eigenvalue weighted by Crippen LogP contribution is 2.27. The lowest BCUT2D eigenvalue weighted by Gasteiger charge is -2.10. The van der Waals surface area contributed by atoms with Crippen molar-refractivity contribution in [2.75, 3.05) is 21.3 Å². The minimum atomic E-state index is -0.608. The predicted molar refractivity (Wildman–Crippen MR) is 423 cm³/mol. The van der Waals surface area contributed by atoms with Gasteiger partial charge in [-0.2, -0.15) is 0 Å². The highest BCUT2D eigenvalue weighted by molar-refractivity contribution is 6.05. The van der Waals surface area contributed by atoms with Gasteiger partial charge in [0, 0.05) is 100 Å². The molecule has 0 aliphatic carbocycles. The second-order valence-electron chi connectivity index (χ2n) is 25.0. The van der Waals surface area contributed by atoms with E-state index >= 15 is 0 Å². The molecule has 0 bridgehead atoms. The minimum absolute atomic E-state index is 0.0678. The molecule has 0 unspecified atom stereocenters. The van der Waals surface area contributed by atoms with Crippen molar-refractivity contribution in [1.29, 1.82) is 0 Å². The number of amides is 7. The highest BCUT2D eigenvalue weighted by atomic mass is 16.6. The zero-order valence-electron chi connectivity index (χ0n) is 61.2. The van der Waals surface area contributed by atoms with Gasteiger partial charge in [-0.25, -0.2) is 0 Å². The number of carbonyl (C=O) groups excluding carboxylic acids is 7. The van der Waals surface area contributed by atoms with E-state index in [9.17, 15) is 53.8 Å². The highest BCUT2D eigenvalue weighted by Gasteiger charge is 2.18. The average molecular weight is 1520 g/mol. The Kier molecular flexibility index (Phi) is 29.2. The number of aromatic nitrogens is 4. The molecule has 113 heavy (non-hydrogen) atoms. The van der Waals surface area contributed by atoms with Crippen LogP contribution in [-0.4, -0.2) is 71.1 Å². The van der Waals surface area contributed by atoms with Crippen molar-refractivity contribution in [3.05, 3.63) is 366 Å². The van der Waals surface area contributed by atoms with E-state index in [2.05, 4.69) is 72.4 Å². The summed E-state index contributed by atoms with van der Waals surface area (Å²) in [6.07, 6.45) is 11.9. The molecule has 4 heterocycles. The normalized spacial score (nSPS) is 10.3. The number of carbonyl (C=O) groups is 7. The topological polar surface area (TPSA) is 446 Å². The lowest BCUT2D eigenvalue weighted by molar-refractivity contribution is -0.385. The summed E-state index contributed by atoms with van der Waals surface area (Å²) in [7, 11) is 0. The summed E-state index contributed by atoms with van der Waals surface area (Å²) in [4.78, 5) is 119. The second-order valence-corrected chi connectivity index (χ2v) is 25.0. The number of nitrogens with zero attached hydrogens (tertiary/aromatic N) is 6. The number of nitro benzene ring substituents is 2. The Hall–Kier alpha value is -15.6. The maximum absolute atomic E-state index is 12.5. The van der Waals surface area contributed by atoms with Crippen molar-refractivity contribution in [1.82, 2.24) is 19.9 Å². The molecule has 12 N–H and O–H groups in total. The van der Waals surface area contributed by atoms with Gasteiger partial charge >= 0.3 is 0 Å². The van der Waals surface area contributed by atoms with Gasteiger partial charge in [0.2, 0.25) is 29.5 Å². The van der Waals surface area contributed by atoms with Crippen molar-refractivity contribution in [3.63, 3.8) is 0 Å². The van der Waals surface area contributed by atoms with Crippen LogP contribution >= 0.6 is 0 Å². The molecule has 0 atom stereocenters. The van der Waals surface area contributed by atoms with Crippen LogP contribution in [0.25, 0.3) is 0 Å². The number of hydrogen-bond acceptors (Lipinski definition) is 20. The summed E-state index contributed by atoms with van der Waals surface area (Å²) in [6.45, 7) is 7.01. The van der Waals surface area contributed by atoms with Crippen LogP contribution in [0.1, 0.15) is 112 Å². The third kappa shape index (κ3) is 26.1. The van der Waals surface area contributed by atoms with Gasteiger partial charge in [0.25, 0.3) is 23.2 Å². The molecule has 0 fully saturated rings. The zero-order chi connectivity index (χ0) is 80.8. The molecule has 4 aromatic heterocycles. The molecule has 12 aromatic rings. The van der Waals surface area contributed by atoms with Gasteiger partial charge in [0.1, 0.15) is 49.4 Å². The Labute approximate surface area is 647 Å². The number of pyridine rings is 4. The molecule has 7 amide bonds. The first-order valence-electron chi connectivity index (χ1n) is 34.5. The summed E-state index contributed by atoms with van der Waals surface area (Å²) in [5, 5.41) is 33.7. The van der Waals surface area contributed by atoms with Crippen molar-refractivity contribution in [2.45, 2.75) is 60.2 Å². The van der Waals surface area contributed by atoms with Gasteiger partial charge in [-0.05, 0) is 140 Å². The quantitative estimate of drug-likeness (QED) is 0.0167. The van der Waals surface area contributed by atoms with Gasteiger partial charge in [-0.1, -0.05) is 115 Å². The van der Waals surface area contributed by atoms with Crippen LogP contribution in [0.2, 0.25) is 0 Å². The van der Waals surface area contributed by atoms with E-state index < -0.39 is 45.3 Å². The van der Waals surface area contributed by atoms with Gasteiger partial charge in [-0.3, -0.25) is 73.7 Å². The van der Waals surface area contributed by atoms with E-state index in [1.54, 1.807) is 117 Å². The van der Waals surface area contributed by atoms with Crippen LogP contribution in [0.3, 0.4) is 0 Å². The Bertz CT molecular complexity index is 5240. The molecule has 0 saturated heterocycles. The maximum Gasteiger partial charge on any atom is 0.274 e. The third-order valence-corrected chi connectivity index (χ3v) is 16.3. The van der Waals surface area contributed by atoms with Gasteiger partial charge in [0.05, 0.1) is 57.1 Å². The first kappa shape index (κ1) is 81.5. The van der Waals surface area contributed by atoms with Crippen molar-refractivity contribution in [2.24, 2.45) is 22.9 Å². The number of hydrogen-bond donors (Lipinski definition) is 8. The lowest BCUT2D eigenvalue weighted by atomic mass is 10.1. The van der Waals surface area contributed by atoms with Gasteiger partial charge < -0.3 is 63.1 Å². The number of nitro groups is 2. The molecular weight excluding hydrogens is 1450 g/mol. The van der Waals surface area contributed by atoms with E-state index in [0.29, 0.717) is 92.0 Å². The molecule has 0 aliphatic rings. The second kappa shape index (κ2) is 40.4. The first-order chi connectivity index (χ1) is 54.4. The summed E-state index contributed by atoms with van der Waals surface area (Å²) in [5.74, 6) is -1.44. The first-order valence-corrected chi connectivity index (χ1v) is 34.5. The van der Waals surface area contributed by atoms with Crippen LogP contribution in [0.5, 0.6) is 23.0 Å². The fraction of sp³-hybridized carbons (Fsp3) is 0.107. The number of nitrogens with two attached hydrogens (primary N) is 4. The molecular formula is C84H76N14O15. The van der Waals surface area contributed by atoms with E-state index in [1.165, 1.54) is 66.5 Å². The molecule has 572 valence electrons. The fourth-order valence-electron chi connectivity index (χ4n) is 10.4. The fourth-order valence-corrected chi connectivity index (χ4v) is 10.4. The summed E-state index contributed by atoms with van der Waals surface area (Å²) < 4.78 is 22.7. The van der Waals surface area contributed by atoms with Crippen molar-refractivity contribution < 1.29 is 62.4 Å². The number of benzene rings is 8. The monoisotopic (exact) mass is 1520 g/mol. The number of rotatable bonds is 28. The Morgan fingerprint density at radius 2 is 0.726 bits per heavy atom. The molecule has 0 aliphatic heterocycles. The lowest BCUT2D eigenvalue weighted by Crippen LogP contribution is -2.14. The standard InChI is InChI=1S/2C21H18N4O5.C21H19N3O3.C21H21N3O2/c1-13-5-6-17(9-19(13)25(28)29)24-21(27)15-3-2-4-18(8-15)30-12-14-7-16(20(22)26)11-23-10-14;1-13-5-6-17(9-19(13)25(28)29)24-21(27)15-4-2-3-14(7-15)12-30-18-8-16(20(22)26)10-23-11-18;22-21(26)17-11-19(13-23-12-17)27-14-16-7-4-8-18(9-16)24-20(25)10-15-5-2-1-3-6-15;1-15-5-7-16(8-6-15)11-24-19-4-2-3-17(9-19)14-26-20-10-18(21(22)25)12-23-13-20/h2*2-11H,12H2,1H3,(H2,22,26)(H,24,27);1-9,11-13H,10,14H2,(H2,22,26)(H,24,25);2-10,12-13,24H,11,14H2,1H3,(H2,22,25). The van der Waals surface area contributed by atoms with Crippen LogP contribution < -0.4 is 63.1 Å². The number of primary amides is 4. The molecule has 29 nitrogen and oxygen atoms in total.